The van der Waals surface area contributed by atoms with Crippen LogP contribution in [0.3, 0.4) is 0 Å². The largest absolute Gasteiger partial charge is 0.0878 e. The van der Waals surface area contributed by atoms with Crippen LogP contribution in [0.25, 0.3) is 0 Å². The van der Waals surface area contributed by atoms with Crippen molar-refractivity contribution in [2.75, 3.05) is 0 Å². The first kappa shape index (κ1) is 3.60. The third-order valence-electron chi connectivity index (χ3n) is 2.22. The van der Waals surface area contributed by atoms with E-state index >= 15 is 0 Å². The predicted molar refractivity (Wildman–Crippen MR) is 39.1 cm³/mol. The summed E-state index contributed by atoms with van der Waals surface area (Å²) in [6.07, 6.45) is 5.69. The molecule has 0 saturated heterocycles. The molecule has 0 nitrogen and oxygen atoms in total. The molecule has 2 unspecified atom stereocenters. The minimum atomic E-state index is -0.549. The lowest BCUT2D eigenvalue weighted by molar-refractivity contribution is 0.693. The lowest BCUT2D eigenvalue weighted by Gasteiger charge is -2.05. The zero-order valence-electron chi connectivity index (χ0n) is 7.65. The highest BCUT2D eigenvalue weighted by atomic mass is 14.3. The molecule has 9 heavy (non-hydrogen) atoms. The van der Waals surface area contributed by atoms with E-state index < -0.39 is 5.89 Å². The molecule has 0 radical (unpaired) electrons. The molecular formula is C9H12. The minimum Gasteiger partial charge on any atom is -0.0878 e. The standard InChI is InChI=1S/C9H12/c1-2-8-5-7-3-4-9(8)6-7/h2-4,7,9H,5-6H2,1H3/i3D,7D. The zero-order valence-corrected chi connectivity index (χ0v) is 5.65. The molecule has 0 N–H and O–H groups in total. The van der Waals surface area contributed by atoms with Gasteiger partial charge in [-0.05, 0) is 31.6 Å². The Balaban J connectivity index is 2.39. The van der Waals surface area contributed by atoms with E-state index in [0.717, 1.165) is 12.8 Å². The number of hydrogen-bond donors (Lipinski definition) is 0. The Morgan fingerprint density at radius 2 is 2.89 bits per heavy atom. The first-order valence-electron chi connectivity index (χ1n) is 4.50. The summed E-state index contributed by atoms with van der Waals surface area (Å²) in [5.74, 6) is -0.128. The molecule has 1 saturated carbocycles. The highest BCUT2D eigenvalue weighted by molar-refractivity contribution is 5.26. The van der Waals surface area contributed by atoms with Crippen molar-refractivity contribution in [3.63, 3.8) is 0 Å². The molecule has 0 aliphatic heterocycles. The third kappa shape index (κ3) is 0.658. The van der Waals surface area contributed by atoms with Gasteiger partial charge >= 0.3 is 0 Å². The Hall–Kier alpha value is -0.520. The van der Waals surface area contributed by atoms with Gasteiger partial charge in [0, 0.05) is 1.37 Å². The van der Waals surface area contributed by atoms with Crippen LogP contribution in [-0.2, 0) is 0 Å². The van der Waals surface area contributed by atoms with E-state index in [2.05, 4.69) is 6.08 Å². The Labute approximate surface area is 59.1 Å². The molecule has 0 heterocycles. The van der Waals surface area contributed by atoms with Crippen LogP contribution in [0, 0.1) is 11.8 Å². The van der Waals surface area contributed by atoms with Crippen LogP contribution in [-0.4, -0.2) is 0 Å². The summed E-state index contributed by atoms with van der Waals surface area (Å²) in [6, 6.07) is 0.535. The normalized spacial score (nSPS) is 55.4. The summed E-state index contributed by atoms with van der Waals surface area (Å²) in [5.41, 5.74) is 1.36. The van der Waals surface area contributed by atoms with Gasteiger partial charge in [0.15, 0.2) is 0 Å². The number of fused-ring (bicyclic) bond motifs is 2. The molecule has 2 rings (SSSR count). The van der Waals surface area contributed by atoms with E-state index in [1.807, 2.05) is 13.0 Å². The van der Waals surface area contributed by atoms with Gasteiger partial charge in [-0.3, -0.25) is 0 Å². The van der Waals surface area contributed by atoms with Gasteiger partial charge in [0.25, 0.3) is 0 Å². The molecule has 0 aromatic rings. The lowest BCUT2D eigenvalue weighted by Crippen LogP contribution is -1.90. The van der Waals surface area contributed by atoms with Gasteiger partial charge < -0.3 is 0 Å². The van der Waals surface area contributed by atoms with Gasteiger partial charge in [0.05, 0.1) is 1.37 Å². The topological polar surface area (TPSA) is 0 Å². The summed E-state index contributed by atoms with van der Waals surface area (Å²) in [6.45, 7) is 2.02. The molecule has 2 aliphatic carbocycles. The van der Waals surface area contributed by atoms with Gasteiger partial charge in [-0.2, -0.15) is 0 Å². The van der Waals surface area contributed by atoms with Crippen LogP contribution in [0.5, 0.6) is 0 Å². The maximum absolute atomic E-state index is 7.91. The molecule has 0 heteroatoms. The Morgan fingerprint density at radius 1 is 2.00 bits per heavy atom. The predicted octanol–water partition coefficient (Wildman–Crippen LogP) is 2.53. The van der Waals surface area contributed by atoms with Crippen LogP contribution < -0.4 is 0 Å². The second-order valence-electron chi connectivity index (χ2n) is 2.77. The molecule has 2 aliphatic rings. The van der Waals surface area contributed by atoms with Gasteiger partial charge in [0.2, 0.25) is 0 Å². The van der Waals surface area contributed by atoms with Gasteiger partial charge in [-0.1, -0.05) is 23.8 Å². The molecule has 0 spiro atoms. The smallest absolute Gasteiger partial charge is 0.0576 e. The quantitative estimate of drug-likeness (QED) is 0.433. The van der Waals surface area contributed by atoms with Crippen LogP contribution in [0.15, 0.2) is 23.8 Å². The Morgan fingerprint density at radius 3 is 3.33 bits per heavy atom. The highest BCUT2D eigenvalue weighted by Gasteiger charge is 2.29. The Bertz CT molecular complexity index is 252. The molecule has 48 valence electrons. The van der Waals surface area contributed by atoms with Gasteiger partial charge in [-0.25, -0.2) is 0 Å². The highest BCUT2D eigenvalue weighted by Crippen LogP contribution is 2.42. The average Bonchev–Trinajstić information content (AvgIpc) is 2.40. The van der Waals surface area contributed by atoms with Crippen LogP contribution in [0.2, 0.25) is 0 Å². The summed E-state index contributed by atoms with van der Waals surface area (Å²) in [4.78, 5) is 0. The van der Waals surface area contributed by atoms with Crippen molar-refractivity contribution in [3.8, 4) is 0 Å². The van der Waals surface area contributed by atoms with E-state index in [1.165, 1.54) is 5.57 Å². The van der Waals surface area contributed by atoms with Crippen molar-refractivity contribution in [2.24, 2.45) is 11.8 Å². The van der Waals surface area contributed by atoms with Crippen molar-refractivity contribution in [1.82, 2.24) is 0 Å². The van der Waals surface area contributed by atoms with E-state index in [4.69, 9.17) is 2.74 Å². The summed E-state index contributed by atoms with van der Waals surface area (Å²) >= 11 is 0. The molecular weight excluding hydrogens is 108 g/mol. The van der Waals surface area contributed by atoms with Crippen molar-refractivity contribution < 1.29 is 2.74 Å². The van der Waals surface area contributed by atoms with Crippen LogP contribution >= 0.6 is 0 Å². The molecule has 0 aromatic carbocycles. The van der Waals surface area contributed by atoms with Crippen molar-refractivity contribution >= 4 is 0 Å². The zero-order chi connectivity index (χ0) is 8.06. The van der Waals surface area contributed by atoms with Crippen molar-refractivity contribution in [3.05, 3.63) is 23.8 Å². The minimum absolute atomic E-state index is 0.421. The summed E-state index contributed by atoms with van der Waals surface area (Å²) < 4.78 is 15.4. The molecule has 0 aromatic heterocycles. The maximum Gasteiger partial charge on any atom is 0.0576 e. The molecule has 0 amide bonds. The van der Waals surface area contributed by atoms with E-state index in [1.54, 1.807) is 0 Å². The first-order valence-corrected chi connectivity index (χ1v) is 3.50. The van der Waals surface area contributed by atoms with E-state index in [0.29, 0.717) is 12.0 Å². The second kappa shape index (κ2) is 1.73. The monoisotopic (exact) mass is 122 g/mol. The van der Waals surface area contributed by atoms with Crippen molar-refractivity contribution in [2.45, 2.75) is 19.8 Å². The fourth-order valence-corrected chi connectivity index (χ4v) is 1.66. The molecule has 1 fully saturated rings. The number of hydrogen-bond acceptors (Lipinski definition) is 0. The van der Waals surface area contributed by atoms with E-state index in [9.17, 15) is 0 Å². The molecule has 2 bridgehead atoms. The second-order valence-corrected chi connectivity index (χ2v) is 2.77. The molecule has 2 atom stereocenters. The fraction of sp³-hybridized carbons (Fsp3) is 0.556. The van der Waals surface area contributed by atoms with Crippen molar-refractivity contribution in [1.29, 1.82) is 0 Å². The van der Waals surface area contributed by atoms with E-state index in [-0.39, 0.29) is 0 Å². The summed E-state index contributed by atoms with van der Waals surface area (Å²) in [5, 5.41) is 0. The third-order valence-corrected chi connectivity index (χ3v) is 2.22. The maximum atomic E-state index is 7.91. The van der Waals surface area contributed by atoms with Crippen LogP contribution in [0.4, 0.5) is 0 Å². The number of allylic oxidation sites excluding steroid dienone is 4. The first-order chi connectivity index (χ1) is 5.15. The SMILES string of the molecule is [2H]C1=CC2CC1([2H])CC2=CC. The van der Waals surface area contributed by atoms with Gasteiger partial charge in [0.1, 0.15) is 0 Å². The lowest BCUT2D eigenvalue weighted by atomic mass is 10.0. The van der Waals surface area contributed by atoms with Gasteiger partial charge in [-0.15, -0.1) is 0 Å². The number of rotatable bonds is 0. The average molecular weight is 122 g/mol. The fourth-order valence-electron chi connectivity index (χ4n) is 1.66. The van der Waals surface area contributed by atoms with Crippen LogP contribution in [0.1, 0.15) is 22.5 Å². The summed E-state index contributed by atoms with van der Waals surface area (Å²) in [7, 11) is 0. The Kier molecular flexibility index (Phi) is 0.691.